The largest absolute Gasteiger partial charge is 0.250 e. The van der Waals surface area contributed by atoms with E-state index in [4.69, 9.17) is 11.6 Å². The lowest BCUT2D eigenvalue weighted by molar-refractivity contribution is 0.252. The van der Waals surface area contributed by atoms with E-state index in [-0.39, 0.29) is 6.04 Å². The Labute approximate surface area is 84.5 Å². The van der Waals surface area contributed by atoms with Gasteiger partial charge in [0, 0.05) is 25.2 Å². The van der Waals surface area contributed by atoms with Crippen molar-refractivity contribution in [3.63, 3.8) is 0 Å². The van der Waals surface area contributed by atoms with Crippen molar-refractivity contribution < 1.29 is 0 Å². The molecule has 1 N–H and O–H groups in total. The van der Waals surface area contributed by atoms with Crippen LogP contribution in [-0.2, 0) is 0 Å². The second-order valence-electron chi connectivity index (χ2n) is 3.27. The number of rotatable bonds is 3. The highest BCUT2D eigenvalue weighted by molar-refractivity contribution is 6.31. The summed E-state index contributed by atoms with van der Waals surface area (Å²) >= 11 is 6.04. The Hall–Kier alpha value is -0.570. The Morgan fingerprint density at radius 1 is 1.31 bits per heavy atom. The van der Waals surface area contributed by atoms with Gasteiger partial charge in [0.15, 0.2) is 0 Å². The summed E-state index contributed by atoms with van der Waals surface area (Å²) in [6, 6.07) is 8.11. The fourth-order valence-electron chi connectivity index (χ4n) is 1.28. The van der Waals surface area contributed by atoms with Crippen LogP contribution in [0.4, 0.5) is 0 Å². The fourth-order valence-corrected chi connectivity index (χ4v) is 1.58. The number of nitrogens with zero attached hydrogens (tertiary/aromatic N) is 1. The van der Waals surface area contributed by atoms with Crippen molar-refractivity contribution >= 4 is 11.6 Å². The Balaban J connectivity index is 2.76. The predicted molar refractivity (Wildman–Crippen MR) is 56.7 cm³/mol. The lowest BCUT2D eigenvalue weighted by Gasteiger charge is -2.20. The molecular formula is C10H15ClN2. The number of hydrazine groups is 1. The minimum Gasteiger partial charge on any atom is -0.250 e. The smallest absolute Gasteiger partial charge is 0.0454 e. The van der Waals surface area contributed by atoms with E-state index >= 15 is 0 Å². The number of benzene rings is 1. The Bertz CT molecular complexity index is 273. The molecule has 0 heterocycles. The highest BCUT2D eigenvalue weighted by Gasteiger charge is 2.08. The van der Waals surface area contributed by atoms with E-state index in [1.165, 1.54) is 0 Å². The molecule has 0 aliphatic heterocycles. The van der Waals surface area contributed by atoms with E-state index in [1.54, 1.807) is 0 Å². The van der Waals surface area contributed by atoms with Crippen LogP contribution in [0, 0.1) is 0 Å². The summed E-state index contributed by atoms with van der Waals surface area (Å²) in [7, 11) is 3.93. The average Bonchev–Trinajstić information content (AvgIpc) is 2.03. The Kier molecular flexibility index (Phi) is 3.72. The second kappa shape index (κ2) is 4.61. The molecule has 72 valence electrons. The number of halogens is 1. The predicted octanol–water partition coefficient (Wildman–Crippen LogP) is 2.47. The summed E-state index contributed by atoms with van der Waals surface area (Å²) in [6.45, 7) is 2.08. The van der Waals surface area contributed by atoms with Gasteiger partial charge in [-0.2, -0.15) is 0 Å². The lowest BCUT2D eigenvalue weighted by atomic mass is 10.1. The average molecular weight is 199 g/mol. The van der Waals surface area contributed by atoms with E-state index in [2.05, 4.69) is 12.3 Å². The van der Waals surface area contributed by atoms with Crippen molar-refractivity contribution in [3.05, 3.63) is 34.9 Å². The van der Waals surface area contributed by atoms with Crippen molar-refractivity contribution in [1.82, 2.24) is 10.4 Å². The molecule has 13 heavy (non-hydrogen) atoms. The molecule has 2 nitrogen and oxygen atoms in total. The van der Waals surface area contributed by atoms with E-state index in [0.29, 0.717) is 0 Å². The first-order valence-corrected chi connectivity index (χ1v) is 4.67. The quantitative estimate of drug-likeness (QED) is 0.751. The normalized spacial score (nSPS) is 13.3. The van der Waals surface area contributed by atoms with Crippen LogP contribution in [-0.4, -0.2) is 19.1 Å². The van der Waals surface area contributed by atoms with Crippen LogP contribution in [0.3, 0.4) is 0 Å². The highest BCUT2D eigenvalue weighted by Crippen LogP contribution is 2.21. The molecule has 3 heteroatoms. The standard InChI is InChI=1S/C10H15ClN2/c1-8(12-13(2)3)9-6-4-5-7-10(9)11/h4-8,12H,1-3H3. The first-order chi connectivity index (χ1) is 6.11. The molecule has 0 aromatic heterocycles. The van der Waals surface area contributed by atoms with E-state index in [1.807, 2.05) is 43.4 Å². The van der Waals surface area contributed by atoms with Gasteiger partial charge in [-0.15, -0.1) is 0 Å². The Morgan fingerprint density at radius 2 is 1.92 bits per heavy atom. The third-order valence-electron chi connectivity index (χ3n) is 1.82. The lowest BCUT2D eigenvalue weighted by Crippen LogP contribution is -2.32. The molecule has 0 amide bonds. The number of hydrogen-bond acceptors (Lipinski definition) is 2. The first-order valence-electron chi connectivity index (χ1n) is 4.29. The molecule has 0 bridgehead atoms. The summed E-state index contributed by atoms with van der Waals surface area (Å²) in [5.74, 6) is 0. The van der Waals surface area contributed by atoms with Crippen molar-refractivity contribution in [2.75, 3.05) is 14.1 Å². The van der Waals surface area contributed by atoms with Crippen molar-refractivity contribution in [1.29, 1.82) is 0 Å². The van der Waals surface area contributed by atoms with Gasteiger partial charge in [-0.05, 0) is 18.6 Å². The molecule has 0 saturated heterocycles. The topological polar surface area (TPSA) is 15.3 Å². The molecule has 0 saturated carbocycles. The van der Waals surface area contributed by atoms with Gasteiger partial charge < -0.3 is 0 Å². The van der Waals surface area contributed by atoms with Crippen molar-refractivity contribution in [3.8, 4) is 0 Å². The zero-order valence-electron chi connectivity index (χ0n) is 8.21. The van der Waals surface area contributed by atoms with Crippen LogP contribution in [0.25, 0.3) is 0 Å². The zero-order chi connectivity index (χ0) is 9.84. The molecule has 1 aromatic carbocycles. The van der Waals surface area contributed by atoms with E-state index < -0.39 is 0 Å². The maximum Gasteiger partial charge on any atom is 0.0454 e. The van der Waals surface area contributed by atoms with Gasteiger partial charge in [-0.3, -0.25) is 5.01 Å². The van der Waals surface area contributed by atoms with Crippen LogP contribution >= 0.6 is 11.6 Å². The van der Waals surface area contributed by atoms with Gasteiger partial charge >= 0.3 is 0 Å². The minimum absolute atomic E-state index is 0.240. The SMILES string of the molecule is CC(NN(C)C)c1ccccc1Cl. The van der Waals surface area contributed by atoms with Gasteiger partial charge in [-0.25, -0.2) is 5.43 Å². The summed E-state index contributed by atoms with van der Waals surface area (Å²) in [6.07, 6.45) is 0. The third kappa shape index (κ3) is 2.99. The Morgan fingerprint density at radius 3 is 2.46 bits per heavy atom. The van der Waals surface area contributed by atoms with Crippen LogP contribution in [0.2, 0.25) is 5.02 Å². The molecule has 0 fully saturated rings. The van der Waals surface area contributed by atoms with Crippen LogP contribution < -0.4 is 5.43 Å². The fraction of sp³-hybridized carbons (Fsp3) is 0.400. The summed E-state index contributed by atoms with van der Waals surface area (Å²) in [4.78, 5) is 0. The maximum atomic E-state index is 6.04. The molecule has 0 spiro atoms. The van der Waals surface area contributed by atoms with Crippen LogP contribution in [0.15, 0.2) is 24.3 Å². The monoisotopic (exact) mass is 198 g/mol. The van der Waals surface area contributed by atoms with E-state index in [9.17, 15) is 0 Å². The van der Waals surface area contributed by atoms with Gasteiger partial charge in [0.1, 0.15) is 0 Å². The van der Waals surface area contributed by atoms with Gasteiger partial charge in [0.25, 0.3) is 0 Å². The highest BCUT2D eigenvalue weighted by atomic mass is 35.5. The molecule has 1 rings (SSSR count). The van der Waals surface area contributed by atoms with Gasteiger partial charge in [0.2, 0.25) is 0 Å². The molecule has 1 aromatic rings. The molecule has 0 aliphatic carbocycles. The summed E-state index contributed by atoms with van der Waals surface area (Å²) < 4.78 is 0. The maximum absolute atomic E-state index is 6.04. The number of nitrogens with one attached hydrogen (secondary N) is 1. The minimum atomic E-state index is 0.240. The molecule has 0 aliphatic rings. The van der Waals surface area contributed by atoms with Crippen LogP contribution in [0.5, 0.6) is 0 Å². The van der Waals surface area contributed by atoms with Crippen molar-refractivity contribution in [2.45, 2.75) is 13.0 Å². The first kappa shape index (κ1) is 10.5. The second-order valence-corrected chi connectivity index (χ2v) is 3.67. The summed E-state index contributed by atoms with van der Waals surface area (Å²) in [5, 5.41) is 2.73. The molecule has 1 unspecified atom stereocenters. The zero-order valence-corrected chi connectivity index (χ0v) is 8.97. The third-order valence-corrected chi connectivity index (χ3v) is 2.17. The molecule has 1 atom stereocenters. The molecule has 0 radical (unpaired) electrons. The van der Waals surface area contributed by atoms with Gasteiger partial charge in [-0.1, -0.05) is 29.8 Å². The summed E-state index contributed by atoms with van der Waals surface area (Å²) in [5.41, 5.74) is 4.37. The van der Waals surface area contributed by atoms with Crippen LogP contribution in [0.1, 0.15) is 18.5 Å². The van der Waals surface area contributed by atoms with Crippen molar-refractivity contribution in [2.24, 2.45) is 0 Å². The van der Waals surface area contributed by atoms with E-state index in [0.717, 1.165) is 10.6 Å². The number of hydrogen-bond donors (Lipinski definition) is 1. The van der Waals surface area contributed by atoms with Gasteiger partial charge in [0.05, 0.1) is 0 Å². The molecular weight excluding hydrogens is 184 g/mol.